The minimum absolute atomic E-state index is 0.0274. The molecule has 6 nitrogen and oxygen atoms in total. The first-order valence-corrected chi connectivity index (χ1v) is 9.22. The van der Waals surface area contributed by atoms with E-state index in [1.807, 2.05) is 6.92 Å². The molecule has 0 aliphatic heterocycles. The third-order valence-corrected chi connectivity index (χ3v) is 3.99. The SMILES string of the molecule is CCOc1ccc(C(=O)CCC(=O)NNC(=S)NCc2ccc(F)cc2)cc1. The number of amides is 1. The van der Waals surface area contributed by atoms with Gasteiger partial charge >= 0.3 is 0 Å². The first-order valence-electron chi connectivity index (χ1n) is 8.81. The molecule has 0 aliphatic rings. The van der Waals surface area contributed by atoms with Crippen LogP contribution in [0.5, 0.6) is 5.75 Å². The van der Waals surface area contributed by atoms with Crippen molar-refractivity contribution in [3.8, 4) is 5.75 Å². The number of hydrazine groups is 1. The molecular formula is C20H22FN3O3S. The molecule has 0 atom stereocenters. The number of ether oxygens (including phenoxy) is 1. The number of rotatable bonds is 8. The van der Waals surface area contributed by atoms with E-state index in [0.29, 0.717) is 24.5 Å². The monoisotopic (exact) mass is 403 g/mol. The van der Waals surface area contributed by atoms with Crippen molar-refractivity contribution >= 4 is 29.0 Å². The molecule has 0 saturated heterocycles. The molecule has 28 heavy (non-hydrogen) atoms. The summed E-state index contributed by atoms with van der Waals surface area (Å²) in [7, 11) is 0. The fraction of sp³-hybridized carbons (Fsp3) is 0.250. The van der Waals surface area contributed by atoms with Crippen LogP contribution >= 0.6 is 12.2 Å². The van der Waals surface area contributed by atoms with E-state index in [9.17, 15) is 14.0 Å². The Kier molecular flexibility index (Phi) is 8.36. The van der Waals surface area contributed by atoms with Crippen LogP contribution in [0.25, 0.3) is 0 Å². The average Bonchev–Trinajstić information content (AvgIpc) is 2.71. The van der Waals surface area contributed by atoms with Gasteiger partial charge in [0.05, 0.1) is 6.61 Å². The van der Waals surface area contributed by atoms with Gasteiger partial charge in [0.15, 0.2) is 10.9 Å². The summed E-state index contributed by atoms with van der Waals surface area (Å²) in [4.78, 5) is 24.0. The Labute approximate surface area is 168 Å². The molecule has 0 aromatic heterocycles. The van der Waals surface area contributed by atoms with Gasteiger partial charge in [0.2, 0.25) is 5.91 Å². The molecule has 0 unspecified atom stereocenters. The van der Waals surface area contributed by atoms with E-state index in [2.05, 4.69) is 16.2 Å². The van der Waals surface area contributed by atoms with Crippen LogP contribution in [0.15, 0.2) is 48.5 Å². The first-order chi connectivity index (χ1) is 13.5. The zero-order valence-corrected chi connectivity index (χ0v) is 16.3. The molecule has 1 amide bonds. The second-order valence-corrected chi connectivity index (χ2v) is 6.27. The van der Waals surface area contributed by atoms with E-state index in [0.717, 1.165) is 5.56 Å². The summed E-state index contributed by atoms with van der Waals surface area (Å²) >= 11 is 5.05. The number of nitrogens with one attached hydrogen (secondary N) is 3. The van der Waals surface area contributed by atoms with Gasteiger partial charge in [0.1, 0.15) is 11.6 Å². The minimum Gasteiger partial charge on any atom is -0.494 e. The molecule has 8 heteroatoms. The van der Waals surface area contributed by atoms with Crippen LogP contribution in [0.3, 0.4) is 0 Å². The van der Waals surface area contributed by atoms with Crippen molar-refractivity contribution in [2.24, 2.45) is 0 Å². The van der Waals surface area contributed by atoms with Crippen molar-refractivity contribution in [3.63, 3.8) is 0 Å². The van der Waals surface area contributed by atoms with Gasteiger partial charge in [0.25, 0.3) is 0 Å². The van der Waals surface area contributed by atoms with Crippen LogP contribution < -0.4 is 20.9 Å². The molecule has 0 aliphatic carbocycles. The predicted molar refractivity (Wildman–Crippen MR) is 108 cm³/mol. The molecule has 0 bridgehead atoms. The van der Waals surface area contributed by atoms with E-state index < -0.39 is 0 Å². The zero-order chi connectivity index (χ0) is 20.4. The fourth-order valence-electron chi connectivity index (χ4n) is 2.29. The largest absolute Gasteiger partial charge is 0.494 e. The number of hydrogen-bond acceptors (Lipinski definition) is 4. The average molecular weight is 403 g/mol. The molecule has 3 N–H and O–H groups in total. The van der Waals surface area contributed by atoms with Gasteiger partial charge in [-0.25, -0.2) is 4.39 Å². The highest BCUT2D eigenvalue weighted by atomic mass is 32.1. The first kappa shape index (κ1) is 21.3. The topological polar surface area (TPSA) is 79.5 Å². The summed E-state index contributed by atoms with van der Waals surface area (Å²) in [6.07, 6.45) is 0.108. The summed E-state index contributed by atoms with van der Waals surface area (Å²) in [5, 5.41) is 3.10. The Morgan fingerprint density at radius 1 is 1.00 bits per heavy atom. The highest BCUT2D eigenvalue weighted by Gasteiger charge is 2.10. The number of carbonyl (C=O) groups excluding carboxylic acids is 2. The number of Topliss-reactive ketones (excluding diaryl/α,β-unsaturated/α-hetero) is 1. The van der Waals surface area contributed by atoms with Crippen molar-refractivity contribution in [2.75, 3.05) is 6.61 Å². The van der Waals surface area contributed by atoms with Crippen molar-refractivity contribution in [1.29, 1.82) is 0 Å². The van der Waals surface area contributed by atoms with E-state index in [-0.39, 0.29) is 35.5 Å². The summed E-state index contributed by atoms with van der Waals surface area (Å²) in [5.41, 5.74) is 6.38. The fourth-order valence-corrected chi connectivity index (χ4v) is 2.42. The number of carbonyl (C=O) groups is 2. The lowest BCUT2D eigenvalue weighted by molar-refractivity contribution is -0.121. The lowest BCUT2D eigenvalue weighted by atomic mass is 10.1. The summed E-state index contributed by atoms with van der Waals surface area (Å²) < 4.78 is 18.2. The minimum atomic E-state index is -0.356. The van der Waals surface area contributed by atoms with Crippen LogP contribution in [-0.4, -0.2) is 23.4 Å². The van der Waals surface area contributed by atoms with Gasteiger partial charge in [-0.3, -0.25) is 20.4 Å². The molecule has 0 heterocycles. The molecule has 2 aromatic carbocycles. The van der Waals surface area contributed by atoms with Crippen molar-refractivity contribution < 1.29 is 18.7 Å². The van der Waals surface area contributed by atoms with Crippen molar-refractivity contribution in [1.82, 2.24) is 16.2 Å². The van der Waals surface area contributed by atoms with Crippen LogP contribution in [0.4, 0.5) is 4.39 Å². The number of halogens is 1. The normalized spacial score (nSPS) is 10.1. The van der Waals surface area contributed by atoms with Gasteiger partial charge in [-0.1, -0.05) is 12.1 Å². The van der Waals surface area contributed by atoms with E-state index in [1.54, 1.807) is 36.4 Å². The van der Waals surface area contributed by atoms with Crippen LogP contribution in [0.1, 0.15) is 35.7 Å². The van der Waals surface area contributed by atoms with E-state index in [1.165, 1.54) is 12.1 Å². The lowest BCUT2D eigenvalue weighted by Gasteiger charge is -2.11. The molecule has 0 radical (unpaired) electrons. The molecule has 2 aromatic rings. The van der Waals surface area contributed by atoms with E-state index >= 15 is 0 Å². The van der Waals surface area contributed by atoms with Crippen LogP contribution in [0, 0.1) is 5.82 Å². The maximum Gasteiger partial charge on any atom is 0.238 e. The Bertz CT molecular complexity index is 810. The smallest absolute Gasteiger partial charge is 0.238 e. The third-order valence-electron chi connectivity index (χ3n) is 3.75. The molecule has 0 fully saturated rings. The van der Waals surface area contributed by atoms with Gasteiger partial charge in [-0.05, 0) is 61.1 Å². The van der Waals surface area contributed by atoms with Crippen molar-refractivity contribution in [3.05, 3.63) is 65.5 Å². The highest BCUT2D eigenvalue weighted by Crippen LogP contribution is 2.14. The van der Waals surface area contributed by atoms with Crippen LogP contribution in [0.2, 0.25) is 0 Å². The Hall–Kier alpha value is -3.00. The lowest BCUT2D eigenvalue weighted by Crippen LogP contribution is -2.46. The Morgan fingerprint density at radius 2 is 1.68 bits per heavy atom. The quantitative estimate of drug-likeness (QED) is 0.357. The van der Waals surface area contributed by atoms with Gasteiger partial charge in [-0.2, -0.15) is 0 Å². The molecule has 0 spiro atoms. The number of thiocarbonyl (C=S) groups is 1. The van der Waals surface area contributed by atoms with Gasteiger partial charge in [0, 0.05) is 24.9 Å². The summed E-state index contributed by atoms with van der Waals surface area (Å²) in [6, 6.07) is 12.8. The van der Waals surface area contributed by atoms with Gasteiger partial charge < -0.3 is 10.1 Å². The summed E-state index contributed by atoms with van der Waals surface area (Å²) in [5.74, 6) is -0.0976. The maximum atomic E-state index is 12.8. The molecule has 2 rings (SSSR count). The van der Waals surface area contributed by atoms with Crippen molar-refractivity contribution in [2.45, 2.75) is 26.3 Å². The Morgan fingerprint density at radius 3 is 2.32 bits per heavy atom. The molecule has 148 valence electrons. The number of ketones is 1. The number of hydrogen-bond donors (Lipinski definition) is 3. The summed E-state index contributed by atoms with van der Waals surface area (Å²) in [6.45, 7) is 2.83. The second kappa shape index (κ2) is 11.0. The predicted octanol–water partition coefficient (Wildman–Crippen LogP) is 2.88. The van der Waals surface area contributed by atoms with Gasteiger partial charge in [-0.15, -0.1) is 0 Å². The maximum absolute atomic E-state index is 12.8. The zero-order valence-electron chi connectivity index (χ0n) is 15.5. The number of benzene rings is 2. The molecular weight excluding hydrogens is 381 g/mol. The van der Waals surface area contributed by atoms with E-state index in [4.69, 9.17) is 17.0 Å². The Balaban J connectivity index is 1.66. The molecule has 0 saturated carbocycles. The second-order valence-electron chi connectivity index (χ2n) is 5.86. The van der Waals surface area contributed by atoms with Crippen LogP contribution in [-0.2, 0) is 11.3 Å². The standard InChI is InChI=1S/C20H22FN3O3S/c1-2-27-17-9-5-15(6-10-17)18(25)11-12-19(26)23-24-20(28)22-13-14-3-7-16(21)8-4-14/h3-10H,2,11-13H2,1H3,(H,23,26)(H2,22,24,28). The third kappa shape index (κ3) is 7.32. The highest BCUT2D eigenvalue weighted by molar-refractivity contribution is 7.80.